The van der Waals surface area contributed by atoms with E-state index in [0.29, 0.717) is 6.54 Å². The highest BCUT2D eigenvalue weighted by atomic mass is 79.9. The van der Waals surface area contributed by atoms with E-state index in [4.69, 9.17) is 4.84 Å². The first-order chi connectivity index (χ1) is 7.72. The Morgan fingerprint density at radius 1 is 1.31 bits per heavy atom. The van der Waals surface area contributed by atoms with Gasteiger partial charge in [0.15, 0.2) is 0 Å². The second-order valence-corrected chi connectivity index (χ2v) is 4.37. The van der Waals surface area contributed by atoms with Gasteiger partial charge in [-0.25, -0.2) is 0 Å². The summed E-state index contributed by atoms with van der Waals surface area (Å²) in [4.78, 5) is 4.80. The molecule has 2 N–H and O–H groups in total. The molecule has 0 heterocycles. The first-order valence-electron chi connectivity index (χ1n) is 4.88. The van der Waals surface area contributed by atoms with E-state index in [-0.39, 0.29) is 5.75 Å². The van der Waals surface area contributed by atoms with E-state index in [9.17, 15) is 5.11 Å². The van der Waals surface area contributed by atoms with Gasteiger partial charge in [-0.1, -0.05) is 28.1 Å². The minimum absolute atomic E-state index is 0.277. The molecule has 0 bridgehead atoms. The third-order valence-electron chi connectivity index (χ3n) is 2.46. The van der Waals surface area contributed by atoms with Gasteiger partial charge in [0.2, 0.25) is 0 Å². The van der Waals surface area contributed by atoms with Gasteiger partial charge in [-0.2, -0.15) is 5.48 Å². The quantitative estimate of drug-likeness (QED) is 0.850. The van der Waals surface area contributed by atoms with Crippen molar-refractivity contribution < 1.29 is 9.94 Å². The largest absolute Gasteiger partial charge is 0.508 e. The lowest BCUT2D eigenvalue weighted by molar-refractivity contribution is 0.0864. The SMILES string of the molecule is CONCc1c(O)ccc2cc(Br)ccc12. The fraction of sp³-hybridized carbons (Fsp3) is 0.167. The zero-order valence-corrected chi connectivity index (χ0v) is 10.4. The fourth-order valence-electron chi connectivity index (χ4n) is 1.68. The average molecular weight is 282 g/mol. The molecule has 2 rings (SSSR count). The Kier molecular flexibility index (Phi) is 3.43. The number of hydrogen-bond donors (Lipinski definition) is 2. The number of benzene rings is 2. The van der Waals surface area contributed by atoms with Crippen LogP contribution in [-0.4, -0.2) is 12.2 Å². The molecule has 0 saturated carbocycles. The highest BCUT2D eigenvalue weighted by molar-refractivity contribution is 9.10. The summed E-state index contributed by atoms with van der Waals surface area (Å²) < 4.78 is 1.02. The van der Waals surface area contributed by atoms with Crippen LogP contribution in [0, 0.1) is 0 Å². The molecule has 2 aromatic rings. The van der Waals surface area contributed by atoms with Crippen molar-refractivity contribution in [1.29, 1.82) is 0 Å². The Labute approximate surface area is 102 Å². The van der Waals surface area contributed by atoms with Crippen LogP contribution in [0.4, 0.5) is 0 Å². The molecule has 3 nitrogen and oxygen atoms in total. The summed E-state index contributed by atoms with van der Waals surface area (Å²) in [5, 5.41) is 11.9. The van der Waals surface area contributed by atoms with E-state index in [1.54, 1.807) is 13.2 Å². The minimum Gasteiger partial charge on any atom is -0.508 e. The van der Waals surface area contributed by atoms with Crippen LogP contribution in [-0.2, 0) is 11.4 Å². The lowest BCUT2D eigenvalue weighted by Gasteiger charge is -2.09. The number of nitrogens with one attached hydrogen (secondary N) is 1. The Balaban J connectivity index is 2.55. The predicted molar refractivity (Wildman–Crippen MR) is 67.2 cm³/mol. The fourth-order valence-corrected chi connectivity index (χ4v) is 2.06. The van der Waals surface area contributed by atoms with Crippen LogP contribution >= 0.6 is 15.9 Å². The zero-order valence-electron chi connectivity index (χ0n) is 8.83. The van der Waals surface area contributed by atoms with Crippen molar-refractivity contribution in [3.8, 4) is 5.75 Å². The van der Waals surface area contributed by atoms with Gasteiger partial charge in [-0.05, 0) is 29.0 Å². The molecule has 4 heteroatoms. The topological polar surface area (TPSA) is 41.5 Å². The number of phenolic OH excluding ortho intramolecular Hbond substituents is 1. The van der Waals surface area contributed by atoms with Gasteiger partial charge >= 0.3 is 0 Å². The number of phenols is 1. The van der Waals surface area contributed by atoms with Crippen molar-refractivity contribution in [3.05, 3.63) is 40.4 Å². The smallest absolute Gasteiger partial charge is 0.120 e. The maximum absolute atomic E-state index is 9.80. The third-order valence-corrected chi connectivity index (χ3v) is 2.96. The van der Waals surface area contributed by atoms with Gasteiger partial charge in [-0.15, -0.1) is 0 Å². The van der Waals surface area contributed by atoms with Crippen molar-refractivity contribution in [1.82, 2.24) is 5.48 Å². The second-order valence-electron chi connectivity index (χ2n) is 3.45. The van der Waals surface area contributed by atoms with Crippen LogP contribution in [0.5, 0.6) is 5.75 Å². The van der Waals surface area contributed by atoms with Crippen molar-refractivity contribution in [2.24, 2.45) is 0 Å². The number of hydrogen-bond acceptors (Lipinski definition) is 3. The molecule has 0 radical (unpaired) electrons. The normalized spacial score (nSPS) is 10.9. The molecule has 16 heavy (non-hydrogen) atoms. The highest BCUT2D eigenvalue weighted by Gasteiger charge is 2.06. The molecular weight excluding hydrogens is 270 g/mol. The van der Waals surface area contributed by atoms with Crippen molar-refractivity contribution in [3.63, 3.8) is 0 Å². The predicted octanol–water partition coefficient (Wildman–Crippen LogP) is 2.96. The van der Waals surface area contributed by atoms with Crippen molar-refractivity contribution >= 4 is 26.7 Å². The summed E-state index contributed by atoms with van der Waals surface area (Å²) in [6, 6.07) is 9.54. The standard InChI is InChI=1S/C12H12BrNO2/c1-16-14-7-11-10-4-3-9(13)6-8(10)2-5-12(11)15/h2-6,14-15H,7H2,1H3. The number of aromatic hydroxyl groups is 1. The van der Waals surface area contributed by atoms with Gasteiger partial charge in [0.05, 0.1) is 13.7 Å². The van der Waals surface area contributed by atoms with Crippen LogP contribution in [0.15, 0.2) is 34.8 Å². The van der Waals surface area contributed by atoms with Crippen molar-refractivity contribution in [2.45, 2.75) is 6.54 Å². The molecule has 0 fully saturated rings. The van der Waals surface area contributed by atoms with E-state index in [1.807, 2.05) is 24.3 Å². The van der Waals surface area contributed by atoms with Gasteiger partial charge < -0.3 is 9.94 Å². The Morgan fingerprint density at radius 3 is 2.88 bits per heavy atom. The molecule has 0 amide bonds. The van der Waals surface area contributed by atoms with Crippen LogP contribution in [0.2, 0.25) is 0 Å². The van der Waals surface area contributed by atoms with Gasteiger partial charge in [0.25, 0.3) is 0 Å². The molecule has 0 saturated heterocycles. The number of rotatable bonds is 3. The summed E-state index contributed by atoms with van der Waals surface area (Å²) in [6.45, 7) is 0.474. The lowest BCUT2D eigenvalue weighted by atomic mass is 10.0. The van der Waals surface area contributed by atoms with Crippen molar-refractivity contribution in [2.75, 3.05) is 7.11 Å². The molecule has 0 atom stereocenters. The first kappa shape index (κ1) is 11.4. The van der Waals surface area contributed by atoms with Crippen LogP contribution in [0.25, 0.3) is 10.8 Å². The minimum atomic E-state index is 0.277. The molecular formula is C12H12BrNO2. The van der Waals surface area contributed by atoms with E-state index in [2.05, 4.69) is 21.4 Å². The zero-order chi connectivity index (χ0) is 11.5. The van der Waals surface area contributed by atoms with Crippen LogP contribution in [0.1, 0.15) is 5.56 Å². The number of hydroxylamine groups is 1. The molecule has 2 aromatic carbocycles. The van der Waals surface area contributed by atoms with Gasteiger partial charge in [0.1, 0.15) is 5.75 Å². The average Bonchev–Trinajstić information content (AvgIpc) is 2.28. The van der Waals surface area contributed by atoms with Gasteiger partial charge in [0, 0.05) is 10.0 Å². The van der Waals surface area contributed by atoms with E-state index in [1.165, 1.54) is 0 Å². The number of fused-ring (bicyclic) bond motifs is 1. The number of halogens is 1. The Morgan fingerprint density at radius 2 is 2.12 bits per heavy atom. The molecule has 0 unspecified atom stereocenters. The monoisotopic (exact) mass is 281 g/mol. The Hall–Kier alpha value is -1.10. The molecule has 0 aliphatic carbocycles. The third kappa shape index (κ3) is 2.19. The molecule has 0 aliphatic heterocycles. The van der Waals surface area contributed by atoms with E-state index in [0.717, 1.165) is 20.8 Å². The maximum atomic E-state index is 9.80. The summed E-state index contributed by atoms with van der Waals surface area (Å²) >= 11 is 3.43. The van der Waals surface area contributed by atoms with Gasteiger partial charge in [-0.3, -0.25) is 0 Å². The second kappa shape index (κ2) is 4.82. The lowest BCUT2D eigenvalue weighted by Crippen LogP contribution is -2.11. The maximum Gasteiger partial charge on any atom is 0.120 e. The Bertz CT molecular complexity index is 514. The molecule has 0 aliphatic rings. The first-order valence-corrected chi connectivity index (χ1v) is 5.67. The van der Waals surface area contributed by atoms with E-state index < -0.39 is 0 Å². The van der Waals surface area contributed by atoms with E-state index >= 15 is 0 Å². The molecule has 0 aromatic heterocycles. The van der Waals surface area contributed by atoms with Crippen LogP contribution < -0.4 is 5.48 Å². The summed E-state index contributed by atoms with van der Waals surface area (Å²) in [5.41, 5.74) is 3.58. The highest BCUT2D eigenvalue weighted by Crippen LogP contribution is 2.29. The summed E-state index contributed by atoms with van der Waals surface area (Å²) in [6.07, 6.45) is 0. The summed E-state index contributed by atoms with van der Waals surface area (Å²) in [7, 11) is 1.55. The molecule has 0 spiro atoms. The van der Waals surface area contributed by atoms with Crippen LogP contribution in [0.3, 0.4) is 0 Å². The molecule has 84 valence electrons. The summed E-state index contributed by atoms with van der Waals surface area (Å²) in [5.74, 6) is 0.277.